The van der Waals surface area contributed by atoms with Gasteiger partial charge < -0.3 is 20.4 Å². The summed E-state index contributed by atoms with van der Waals surface area (Å²) in [4.78, 5) is 39.1. The van der Waals surface area contributed by atoms with Gasteiger partial charge in [0.15, 0.2) is 0 Å². The summed E-state index contributed by atoms with van der Waals surface area (Å²) in [6, 6.07) is 0. The minimum absolute atomic E-state index is 0.221. The molecule has 0 heterocycles. The molecule has 0 spiro atoms. The van der Waals surface area contributed by atoms with Gasteiger partial charge in [0.25, 0.3) is 0 Å². The van der Waals surface area contributed by atoms with Crippen molar-refractivity contribution in [3.63, 3.8) is 0 Å². The van der Waals surface area contributed by atoms with Gasteiger partial charge in [-0.15, -0.1) is 0 Å². The lowest BCUT2D eigenvalue weighted by atomic mass is 10.1. The largest absolute Gasteiger partial charge is 0.481 e. The first-order valence-electron chi connectivity index (χ1n) is 6.13. The molecule has 8 heteroatoms. The smallest absolute Gasteiger partial charge is 0.314 e. The molecule has 0 aliphatic rings. The molecular formula is C12H20O8. The summed E-state index contributed by atoms with van der Waals surface area (Å²) in [6.45, 7) is 0. The number of hydrogen-bond donors (Lipinski definition) is 4. The number of carbonyl (C=O) groups is 4. The first-order valence-corrected chi connectivity index (χ1v) is 6.13. The van der Waals surface area contributed by atoms with Gasteiger partial charge in [0.05, 0.1) is 0 Å². The summed E-state index contributed by atoms with van der Waals surface area (Å²) in [6.07, 6.45) is 3.72. The van der Waals surface area contributed by atoms with Crippen molar-refractivity contribution in [3.8, 4) is 0 Å². The third kappa shape index (κ3) is 24.9. The molecule has 0 saturated heterocycles. The zero-order valence-corrected chi connectivity index (χ0v) is 11.1. The number of carboxylic acid groups (broad SMARTS) is 4. The Morgan fingerprint density at radius 1 is 0.500 bits per heavy atom. The van der Waals surface area contributed by atoms with Crippen LogP contribution in [0.15, 0.2) is 0 Å². The predicted octanol–water partition coefficient (Wildman–Crippen LogP) is 1.43. The maximum atomic E-state index is 10.1. The van der Waals surface area contributed by atoms with Gasteiger partial charge in [-0.05, 0) is 12.8 Å². The van der Waals surface area contributed by atoms with E-state index in [0.717, 1.165) is 19.3 Å². The average Bonchev–Trinajstić information content (AvgIpc) is 2.25. The third-order valence-electron chi connectivity index (χ3n) is 2.08. The highest BCUT2D eigenvalue weighted by molar-refractivity contribution is 5.88. The summed E-state index contributed by atoms with van der Waals surface area (Å²) in [5.74, 6) is -4.14. The third-order valence-corrected chi connectivity index (χ3v) is 2.08. The Kier molecular flexibility index (Phi) is 13.4. The first kappa shape index (κ1) is 20.2. The first-order chi connectivity index (χ1) is 9.25. The molecule has 0 fully saturated rings. The van der Waals surface area contributed by atoms with Crippen molar-refractivity contribution in [3.05, 3.63) is 0 Å². The molecule has 0 aromatic carbocycles. The van der Waals surface area contributed by atoms with E-state index in [9.17, 15) is 19.2 Å². The molecule has 8 nitrogen and oxygen atoms in total. The van der Waals surface area contributed by atoms with Gasteiger partial charge in [-0.3, -0.25) is 19.2 Å². The van der Waals surface area contributed by atoms with E-state index in [4.69, 9.17) is 20.4 Å². The van der Waals surface area contributed by atoms with Crippen LogP contribution in [-0.4, -0.2) is 44.3 Å². The molecule has 0 aromatic rings. The SMILES string of the molecule is O=C(O)CC(=O)O.O=C(O)CCCCCCCC(=O)O. The molecule has 116 valence electrons. The topological polar surface area (TPSA) is 149 Å². The Balaban J connectivity index is 0. The highest BCUT2D eigenvalue weighted by atomic mass is 16.4. The monoisotopic (exact) mass is 292 g/mol. The molecule has 0 aliphatic heterocycles. The van der Waals surface area contributed by atoms with E-state index in [1.165, 1.54) is 0 Å². The summed E-state index contributed by atoms with van der Waals surface area (Å²) < 4.78 is 0. The summed E-state index contributed by atoms with van der Waals surface area (Å²) in [7, 11) is 0. The van der Waals surface area contributed by atoms with Crippen LogP contribution in [0, 0.1) is 0 Å². The fourth-order valence-corrected chi connectivity index (χ4v) is 1.21. The minimum Gasteiger partial charge on any atom is -0.481 e. The number of aliphatic carboxylic acids is 4. The Bertz CT molecular complexity index is 293. The molecule has 0 radical (unpaired) electrons. The van der Waals surface area contributed by atoms with Crippen LogP contribution in [0.4, 0.5) is 0 Å². The Hall–Kier alpha value is -2.12. The van der Waals surface area contributed by atoms with Crippen molar-refractivity contribution in [1.29, 1.82) is 0 Å². The fraction of sp³-hybridized carbons (Fsp3) is 0.667. The predicted molar refractivity (Wildman–Crippen MR) is 67.5 cm³/mol. The normalized spacial score (nSPS) is 9.20. The van der Waals surface area contributed by atoms with E-state index < -0.39 is 30.3 Å². The van der Waals surface area contributed by atoms with Crippen LogP contribution in [-0.2, 0) is 19.2 Å². The zero-order valence-electron chi connectivity index (χ0n) is 11.1. The molecule has 0 aliphatic carbocycles. The lowest BCUT2D eigenvalue weighted by molar-refractivity contribution is -0.147. The van der Waals surface area contributed by atoms with Gasteiger partial charge in [0.1, 0.15) is 6.42 Å². The lowest BCUT2D eigenvalue weighted by Gasteiger charge is -1.97. The standard InChI is InChI=1S/C9H16O4.C3H4O4/c10-8(11)6-4-2-1-3-5-7-9(12)13;4-2(5)1-3(6)7/h1-7H2,(H,10,11)(H,12,13);1H2,(H,4,5)(H,6,7). The number of unbranched alkanes of at least 4 members (excludes halogenated alkanes) is 4. The lowest BCUT2D eigenvalue weighted by Crippen LogP contribution is -2.03. The van der Waals surface area contributed by atoms with Gasteiger partial charge in [-0.2, -0.15) is 0 Å². The Morgan fingerprint density at radius 3 is 1.00 bits per heavy atom. The molecule has 0 unspecified atom stereocenters. The van der Waals surface area contributed by atoms with Gasteiger partial charge in [-0.25, -0.2) is 0 Å². The van der Waals surface area contributed by atoms with Crippen molar-refractivity contribution in [2.75, 3.05) is 0 Å². The molecule has 4 N–H and O–H groups in total. The van der Waals surface area contributed by atoms with Crippen molar-refractivity contribution in [1.82, 2.24) is 0 Å². The van der Waals surface area contributed by atoms with Crippen LogP contribution >= 0.6 is 0 Å². The van der Waals surface area contributed by atoms with Crippen molar-refractivity contribution in [2.24, 2.45) is 0 Å². The van der Waals surface area contributed by atoms with Crippen molar-refractivity contribution in [2.45, 2.75) is 51.4 Å². The molecule has 0 atom stereocenters. The van der Waals surface area contributed by atoms with E-state index in [-0.39, 0.29) is 12.8 Å². The van der Waals surface area contributed by atoms with Crippen molar-refractivity contribution < 1.29 is 39.6 Å². The maximum absolute atomic E-state index is 10.1. The van der Waals surface area contributed by atoms with Gasteiger partial charge in [-0.1, -0.05) is 19.3 Å². The average molecular weight is 292 g/mol. The second kappa shape index (κ2) is 13.3. The van der Waals surface area contributed by atoms with E-state index in [2.05, 4.69) is 0 Å². The highest BCUT2D eigenvalue weighted by Gasteiger charge is 2.01. The number of carboxylic acids is 4. The molecule has 0 aromatic heterocycles. The van der Waals surface area contributed by atoms with E-state index in [1.807, 2.05) is 0 Å². The van der Waals surface area contributed by atoms with E-state index >= 15 is 0 Å². The number of hydrogen-bond acceptors (Lipinski definition) is 4. The summed E-state index contributed by atoms with van der Waals surface area (Å²) in [5, 5.41) is 32.0. The second-order valence-corrected chi connectivity index (χ2v) is 4.02. The van der Waals surface area contributed by atoms with Crippen LogP contribution in [0.5, 0.6) is 0 Å². The van der Waals surface area contributed by atoms with Crippen LogP contribution < -0.4 is 0 Å². The van der Waals surface area contributed by atoms with Crippen LogP contribution in [0.25, 0.3) is 0 Å². The number of rotatable bonds is 10. The molecule has 0 rings (SSSR count). The quantitative estimate of drug-likeness (QED) is 0.349. The zero-order chi connectivity index (χ0) is 16.0. The second-order valence-electron chi connectivity index (χ2n) is 4.02. The molecule has 0 amide bonds. The van der Waals surface area contributed by atoms with Crippen LogP contribution in [0.3, 0.4) is 0 Å². The minimum atomic E-state index is -1.31. The summed E-state index contributed by atoms with van der Waals surface area (Å²) >= 11 is 0. The van der Waals surface area contributed by atoms with Gasteiger partial charge in [0, 0.05) is 12.8 Å². The fourth-order valence-electron chi connectivity index (χ4n) is 1.21. The van der Waals surface area contributed by atoms with Crippen LogP contribution in [0.2, 0.25) is 0 Å². The molecular weight excluding hydrogens is 272 g/mol. The molecule has 20 heavy (non-hydrogen) atoms. The maximum Gasteiger partial charge on any atom is 0.314 e. The van der Waals surface area contributed by atoms with Crippen LogP contribution in [0.1, 0.15) is 51.4 Å². The Labute approximate surface area is 116 Å². The van der Waals surface area contributed by atoms with Gasteiger partial charge >= 0.3 is 23.9 Å². The summed E-state index contributed by atoms with van der Waals surface area (Å²) in [5.41, 5.74) is 0. The highest BCUT2D eigenvalue weighted by Crippen LogP contribution is 2.06. The van der Waals surface area contributed by atoms with Gasteiger partial charge in [0.2, 0.25) is 0 Å². The van der Waals surface area contributed by atoms with E-state index in [1.54, 1.807) is 0 Å². The molecule has 0 saturated carbocycles. The van der Waals surface area contributed by atoms with E-state index in [0.29, 0.717) is 12.8 Å². The van der Waals surface area contributed by atoms with Crippen molar-refractivity contribution >= 4 is 23.9 Å². The molecule has 0 bridgehead atoms. The Morgan fingerprint density at radius 2 is 0.800 bits per heavy atom.